The van der Waals surface area contributed by atoms with Gasteiger partial charge in [0.15, 0.2) is 5.58 Å². The highest BCUT2D eigenvalue weighted by molar-refractivity contribution is 6.05. The van der Waals surface area contributed by atoms with Crippen LogP contribution in [0.1, 0.15) is 21.6 Å². The van der Waals surface area contributed by atoms with Gasteiger partial charge in [-0.15, -0.1) is 0 Å². The summed E-state index contributed by atoms with van der Waals surface area (Å²) in [6.07, 6.45) is 1.58. The van der Waals surface area contributed by atoms with Gasteiger partial charge in [-0.3, -0.25) is 4.79 Å². The summed E-state index contributed by atoms with van der Waals surface area (Å²) in [5.41, 5.74) is 4.49. The van der Waals surface area contributed by atoms with Crippen molar-refractivity contribution in [3.05, 3.63) is 89.6 Å². The maximum Gasteiger partial charge on any atom is 0.272 e. The van der Waals surface area contributed by atoms with Crippen molar-refractivity contribution in [2.45, 2.75) is 13.5 Å². The van der Waals surface area contributed by atoms with Gasteiger partial charge in [0.1, 0.15) is 11.5 Å². The van der Waals surface area contributed by atoms with E-state index in [2.05, 4.69) is 5.32 Å². The molecule has 0 saturated heterocycles. The summed E-state index contributed by atoms with van der Waals surface area (Å²) in [6.45, 7) is 2.36. The highest BCUT2D eigenvalue weighted by Crippen LogP contribution is 2.23. The first kappa shape index (κ1) is 16.1. The molecule has 0 saturated carbocycles. The van der Waals surface area contributed by atoms with Crippen molar-refractivity contribution in [1.29, 1.82) is 0 Å². The van der Waals surface area contributed by atoms with Crippen molar-refractivity contribution >= 4 is 22.7 Å². The molecule has 5 heteroatoms. The fourth-order valence-electron chi connectivity index (χ4n) is 2.99. The number of furan rings is 1. The SMILES string of the molecule is Cc1ccc(NC(=O)c2cc3occc3n2Cc2cccc(F)c2)cc1. The number of fused-ring (bicyclic) bond motifs is 1. The number of benzene rings is 2. The number of nitrogens with zero attached hydrogens (tertiary/aromatic N) is 1. The first-order valence-electron chi connectivity index (χ1n) is 8.29. The topological polar surface area (TPSA) is 47.2 Å². The van der Waals surface area contributed by atoms with Crippen LogP contribution in [0.25, 0.3) is 11.1 Å². The number of amides is 1. The van der Waals surface area contributed by atoms with E-state index in [1.54, 1.807) is 24.5 Å². The average molecular weight is 348 g/mol. The molecule has 1 N–H and O–H groups in total. The third-order valence-electron chi connectivity index (χ3n) is 4.29. The molecule has 2 aromatic carbocycles. The van der Waals surface area contributed by atoms with Crippen LogP contribution in [0.2, 0.25) is 0 Å². The Morgan fingerprint density at radius 3 is 2.69 bits per heavy atom. The maximum absolute atomic E-state index is 13.5. The van der Waals surface area contributed by atoms with Crippen molar-refractivity contribution in [2.75, 3.05) is 5.32 Å². The van der Waals surface area contributed by atoms with Crippen LogP contribution < -0.4 is 5.32 Å². The zero-order chi connectivity index (χ0) is 18.1. The monoisotopic (exact) mass is 348 g/mol. The van der Waals surface area contributed by atoms with Crippen LogP contribution in [-0.4, -0.2) is 10.5 Å². The number of carbonyl (C=O) groups is 1. The van der Waals surface area contributed by atoms with Crippen LogP contribution >= 0.6 is 0 Å². The Hall–Kier alpha value is -3.34. The second-order valence-corrected chi connectivity index (χ2v) is 6.24. The van der Waals surface area contributed by atoms with Gasteiger partial charge in [-0.05, 0) is 36.8 Å². The molecule has 4 nitrogen and oxygen atoms in total. The summed E-state index contributed by atoms with van der Waals surface area (Å²) in [4.78, 5) is 12.8. The minimum atomic E-state index is -0.302. The molecule has 0 unspecified atom stereocenters. The first-order chi connectivity index (χ1) is 12.6. The smallest absolute Gasteiger partial charge is 0.272 e. The van der Waals surface area contributed by atoms with E-state index in [1.165, 1.54) is 12.1 Å². The summed E-state index contributed by atoms with van der Waals surface area (Å²) in [5, 5.41) is 2.90. The number of anilines is 1. The van der Waals surface area contributed by atoms with Gasteiger partial charge >= 0.3 is 0 Å². The molecule has 4 aromatic rings. The molecule has 0 spiro atoms. The van der Waals surface area contributed by atoms with Gasteiger partial charge in [-0.1, -0.05) is 29.8 Å². The number of nitrogens with one attached hydrogen (secondary N) is 1. The minimum absolute atomic E-state index is 0.239. The molecule has 26 heavy (non-hydrogen) atoms. The van der Waals surface area contributed by atoms with E-state index in [0.29, 0.717) is 17.8 Å². The lowest BCUT2D eigenvalue weighted by Gasteiger charge is -2.11. The number of rotatable bonds is 4. The molecule has 0 fully saturated rings. The molecule has 1 amide bonds. The second kappa shape index (κ2) is 6.52. The number of aromatic nitrogens is 1. The molecule has 0 radical (unpaired) electrons. The number of hydrogen-bond donors (Lipinski definition) is 1. The summed E-state index contributed by atoms with van der Waals surface area (Å²) in [7, 11) is 0. The highest BCUT2D eigenvalue weighted by atomic mass is 19.1. The molecule has 0 aliphatic heterocycles. The fourth-order valence-corrected chi connectivity index (χ4v) is 2.99. The summed E-state index contributed by atoms with van der Waals surface area (Å²) < 4.78 is 20.8. The molecule has 0 bridgehead atoms. The lowest BCUT2D eigenvalue weighted by molar-refractivity contribution is 0.101. The third-order valence-corrected chi connectivity index (χ3v) is 4.29. The quantitative estimate of drug-likeness (QED) is 0.565. The van der Waals surface area contributed by atoms with Gasteiger partial charge in [0, 0.05) is 24.4 Å². The Kier molecular flexibility index (Phi) is 4.05. The van der Waals surface area contributed by atoms with Crippen LogP contribution in [-0.2, 0) is 6.54 Å². The predicted molar refractivity (Wildman–Crippen MR) is 98.8 cm³/mol. The summed E-state index contributed by atoms with van der Waals surface area (Å²) in [5.74, 6) is -0.541. The third kappa shape index (κ3) is 3.11. The number of hydrogen-bond acceptors (Lipinski definition) is 2. The van der Waals surface area contributed by atoms with E-state index in [0.717, 1.165) is 22.3 Å². The largest absolute Gasteiger partial charge is 0.463 e. The number of aryl methyl sites for hydroxylation is 1. The van der Waals surface area contributed by atoms with E-state index in [1.807, 2.05) is 41.8 Å². The second-order valence-electron chi connectivity index (χ2n) is 6.24. The van der Waals surface area contributed by atoms with Gasteiger partial charge in [-0.25, -0.2) is 4.39 Å². The van der Waals surface area contributed by atoms with Crippen LogP contribution in [0.4, 0.5) is 10.1 Å². The molecular formula is C21H17FN2O2. The molecule has 2 heterocycles. The van der Waals surface area contributed by atoms with Crippen LogP contribution in [0, 0.1) is 12.7 Å². The van der Waals surface area contributed by atoms with Crippen molar-refractivity contribution < 1.29 is 13.6 Å². The Bertz CT molecular complexity index is 1080. The highest BCUT2D eigenvalue weighted by Gasteiger charge is 2.18. The molecule has 2 aromatic heterocycles. The normalized spacial score (nSPS) is 11.0. The van der Waals surface area contributed by atoms with Crippen LogP contribution in [0.5, 0.6) is 0 Å². The standard InChI is InChI=1S/C21H17FN2O2/c1-14-5-7-17(8-6-14)23-21(25)19-12-20-18(9-10-26-20)24(19)13-15-3-2-4-16(22)11-15/h2-12H,13H2,1H3,(H,23,25). The Labute approximate surface area is 149 Å². The zero-order valence-electron chi connectivity index (χ0n) is 14.2. The molecule has 4 rings (SSSR count). The minimum Gasteiger partial charge on any atom is -0.463 e. The van der Waals surface area contributed by atoms with Crippen molar-refractivity contribution in [3.63, 3.8) is 0 Å². The van der Waals surface area contributed by atoms with E-state index in [-0.39, 0.29) is 11.7 Å². The Morgan fingerprint density at radius 1 is 1.12 bits per heavy atom. The van der Waals surface area contributed by atoms with Crippen LogP contribution in [0.15, 0.2) is 71.3 Å². The van der Waals surface area contributed by atoms with E-state index >= 15 is 0 Å². The summed E-state index contributed by atoms with van der Waals surface area (Å²) >= 11 is 0. The first-order valence-corrected chi connectivity index (χ1v) is 8.29. The van der Waals surface area contributed by atoms with Gasteiger partial charge < -0.3 is 14.3 Å². The lowest BCUT2D eigenvalue weighted by Crippen LogP contribution is -2.17. The Morgan fingerprint density at radius 2 is 1.92 bits per heavy atom. The fraction of sp³-hybridized carbons (Fsp3) is 0.0952. The van der Waals surface area contributed by atoms with Crippen molar-refractivity contribution in [3.8, 4) is 0 Å². The number of carbonyl (C=O) groups excluding carboxylic acids is 1. The molecular weight excluding hydrogens is 331 g/mol. The van der Waals surface area contributed by atoms with Gasteiger partial charge in [0.2, 0.25) is 0 Å². The number of halogens is 1. The van der Waals surface area contributed by atoms with Crippen molar-refractivity contribution in [2.24, 2.45) is 0 Å². The molecule has 0 aliphatic carbocycles. The zero-order valence-corrected chi connectivity index (χ0v) is 14.2. The van der Waals surface area contributed by atoms with E-state index in [9.17, 15) is 9.18 Å². The van der Waals surface area contributed by atoms with Crippen LogP contribution in [0.3, 0.4) is 0 Å². The molecule has 130 valence electrons. The Balaban J connectivity index is 1.69. The van der Waals surface area contributed by atoms with Gasteiger partial charge in [0.05, 0.1) is 11.8 Å². The van der Waals surface area contributed by atoms with Crippen molar-refractivity contribution in [1.82, 2.24) is 4.57 Å². The van der Waals surface area contributed by atoms with Gasteiger partial charge in [-0.2, -0.15) is 0 Å². The average Bonchev–Trinajstić information content (AvgIpc) is 3.20. The lowest BCUT2D eigenvalue weighted by atomic mass is 10.2. The maximum atomic E-state index is 13.5. The molecule has 0 aliphatic rings. The molecule has 0 atom stereocenters. The predicted octanol–water partition coefficient (Wildman–Crippen LogP) is 4.98. The summed E-state index contributed by atoms with van der Waals surface area (Å²) in [6, 6.07) is 17.5. The van der Waals surface area contributed by atoms with Gasteiger partial charge in [0.25, 0.3) is 5.91 Å². The van der Waals surface area contributed by atoms with E-state index in [4.69, 9.17) is 4.42 Å². The van der Waals surface area contributed by atoms with E-state index < -0.39 is 0 Å².